The fourth-order valence-electron chi connectivity index (χ4n) is 1.71. The minimum atomic E-state index is 0.489. The van der Waals surface area contributed by atoms with Crippen LogP contribution in [0.1, 0.15) is 29.6 Å². The number of nitrogens with zero attached hydrogens (tertiary/aromatic N) is 1. The first kappa shape index (κ1) is 11.1. The minimum Gasteiger partial charge on any atom is -0.378 e. The highest BCUT2D eigenvalue weighted by molar-refractivity contribution is 7.99. The van der Waals surface area contributed by atoms with E-state index in [0.29, 0.717) is 16.5 Å². The lowest BCUT2D eigenvalue weighted by atomic mass is 10.2. The Morgan fingerprint density at radius 1 is 1.73 bits per heavy atom. The van der Waals surface area contributed by atoms with Gasteiger partial charge in [-0.25, -0.2) is 4.98 Å². The molecule has 1 saturated heterocycles. The molecule has 1 aliphatic heterocycles. The number of H-pyrrole nitrogens is 1. The minimum absolute atomic E-state index is 0.489. The summed E-state index contributed by atoms with van der Waals surface area (Å²) in [5.74, 6) is 2.23. The lowest BCUT2D eigenvalue weighted by Gasteiger charge is -2.09. The molecule has 82 valence electrons. The fraction of sp³-hybridized carbons (Fsp3) is 0.600. The molecular formula is C10H14N2OS2. The predicted molar refractivity (Wildman–Crippen MR) is 64.6 cm³/mol. The summed E-state index contributed by atoms with van der Waals surface area (Å²) < 4.78 is 5.74. The Morgan fingerprint density at radius 2 is 2.60 bits per heavy atom. The largest absolute Gasteiger partial charge is 0.378 e. The molecule has 0 bridgehead atoms. The first-order valence-electron chi connectivity index (χ1n) is 5.00. The Kier molecular flexibility index (Phi) is 3.77. The summed E-state index contributed by atoms with van der Waals surface area (Å²) in [6.45, 7) is 0.566. The molecule has 1 N–H and O–H groups in total. The van der Waals surface area contributed by atoms with Gasteiger partial charge in [-0.3, -0.25) is 0 Å². The molecular weight excluding hydrogens is 228 g/mol. The van der Waals surface area contributed by atoms with Crippen molar-refractivity contribution in [2.75, 3.05) is 12.9 Å². The van der Waals surface area contributed by atoms with Crippen molar-refractivity contribution in [3.05, 3.63) is 22.2 Å². The van der Waals surface area contributed by atoms with Crippen LogP contribution in [0, 0.1) is 4.64 Å². The van der Waals surface area contributed by atoms with Gasteiger partial charge in [-0.1, -0.05) is 12.2 Å². The first-order chi connectivity index (χ1) is 7.29. The monoisotopic (exact) mass is 242 g/mol. The molecule has 2 rings (SSSR count). The van der Waals surface area contributed by atoms with E-state index in [1.165, 1.54) is 18.6 Å². The molecule has 1 atom stereocenters. The van der Waals surface area contributed by atoms with Crippen LogP contribution in [0.25, 0.3) is 0 Å². The van der Waals surface area contributed by atoms with Crippen molar-refractivity contribution in [3.8, 4) is 0 Å². The molecule has 2 heterocycles. The molecule has 15 heavy (non-hydrogen) atoms. The quantitative estimate of drug-likeness (QED) is 0.827. The van der Waals surface area contributed by atoms with Crippen molar-refractivity contribution in [1.82, 2.24) is 9.97 Å². The van der Waals surface area contributed by atoms with E-state index in [2.05, 4.69) is 9.97 Å². The van der Waals surface area contributed by atoms with E-state index in [4.69, 9.17) is 17.0 Å². The van der Waals surface area contributed by atoms with Crippen molar-refractivity contribution >= 4 is 24.0 Å². The van der Waals surface area contributed by atoms with Gasteiger partial charge in [0.05, 0.1) is 11.9 Å². The van der Waals surface area contributed by atoms with Crippen molar-refractivity contribution in [2.24, 2.45) is 0 Å². The first-order valence-corrected chi connectivity index (χ1v) is 6.46. The van der Waals surface area contributed by atoms with Gasteiger partial charge in [0.15, 0.2) is 0 Å². The van der Waals surface area contributed by atoms with Gasteiger partial charge in [0.1, 0.15) is 10.5 Å². The molecule has 0 spiro atoms. The Hall–Kier alpha value is -0.390. The van der Waals surface area contributed by atoms with Crippen molar-refractivity contribution < 1.29 is 4.74 Å². The van der Waals surface area contributed by atoms with Gasteiger partial charge in [-0.2, -0.15) is 11.8 Å². The standard InChI is InChI=1S/C10H14N2OS2/c1-13-6-7-5-9(14)12-10(11-7)8-3-2-4-15-8/h5,8H,2-4,6H2,1H3,(H,11,12,14). The van der Waals surface area contributed by atoms with Crippen LogP contribution >= 0.6 is 24.0 Å². The van der Waals surface area contributed by atoms with E-state index in [1.54, 1.807) is 7.11 Å². The number of methoxy groups -OCH3 is 1. The van der Waals surface area contributed by atoms with Crippen LogP contribution in [0.4, 0.5) is 0 Å². The smallest absolute Gasteiger partial charge is 0.130 e. The molecule has 0 radical (unpaired) electrons. The summed E-state index contributed by atoms with van der Waals surface area (Å²) in [5, 5.41) is 0.489. The molecule has 0 saturated carbocycles. The molecule has 5 heteroatoms. The maximum absolute atomic E-state index is 5.14. The SMILES string of the molecule is COCc1cc(=S)nc(C2CCCS2)[nH]1. The third-order valence-electron chi connectivity index (χ3n) is 2.35. The van der Waals surface area contributed by atoms with Crippen LogP contribution in [-0.4, -0.2) is 22.8 Å². The van der Waals surface area contributed by atoms with E-state index in [9.17, 15) is 0 Å². The van der Waals surface area contributed by atoms with Gasteiger partial charge in [0.25, 0.3) is 0 Å². The maximum Gasteiger partial charge on any atom is 0.130 e. The Morgan fingerprint density at radius 3 is 3.27 bits per heavy atom. The summed E-state index contributed by atoms with van der Waals surface area (Å²) in [5.41, 5.74) is 1.01. The van der Waals surface area contributed by atoms with Gasteiger partial charge < -0.3 is 9.72 Å². The molecule has 1 aliphatic rings. The molecule has 1 aromatic heterocycles. The summed E-state index contributed by atoms with van der Waals surface area (Å²) in [4.78, 5) is 7.69. The van der Waals surface area contributed by atoms with E-state index < -0.39 is 0 Å². The number of rotatable bonds is 3. The molecule has 3 nitrogen and oxygen atoms in total. The van der Waals surface area contributed by atoms with Crippen molar-refractivity contribution in [1.29, 1.82) is 0 Å². The average Bonchev–Trinajstić information content (AvgIpc) is 2.70. The Bertz CT molecular complexity index is 385. The highest BCUT2D eigenvalue weighted by atomic mass is 32.2. The van der Waals surface area contributed by atoms with E-state index >= 15 is 0 Å². The molecule has 1 unspecified atom stereocenters. The van der Waals surface area contributed by atoms with Gasteiger partial charge in [-0.15, -0.1) is 0 Å². The highest BCUT2D eigenvalue weighted by Crippen LogP contribution is 2.37. The third kappa shape index (κ3) is 2.80. The number of ether oxygens (including phenoxy) is 1. The Balaban J connectivity index is 2.26. The summed E-state index contributed by atoms with van der Waals surface area (Å²) in [7, 11) is 1.68. The maximum atomic E-state index is 5.14. The normalized spacial score (nSPS) is 20.7. The molecule has 0 amide bonds. The number of hydrogen-bond acceptors (Lipinski definition) is 4. The fourth-order valence-corrected chi connectivity index (χ4v) is 3.17. The van der Waals surface area contributed by atoms with Crippen LogP contribution in [0.2, 0.25) is 0 Å². The molecule has 0 aromatic carbocycles. The van der Waals surface area contributed by atoms with Crippen LogP contribution in [-0.2, 0) is 11.3 Å². The number of aromatic nitrogens is 2. The van der Waals surface area contributed by atoms with Crippen LogP contribution in [0.5, 0.6) is 0 Å². The van der Waals surface area contributed by atoms with Crippen LogP contribution in [0.3, 0.4) is 0 Å². The van der Waals surface area contributed by atoms with E-state index in [0.717, 1.165) is 11.5 Å². The second-order valence-electron chi connectivity index (χ2n) is 3.56. The predicted octanol–water partition coefficient (Wildman–Crippen LogP) is 2.85. The lowest BCUT2D eigenvalue weighted by molar-refractivity contribution is 0.181. The average molecular weight is 242 g/mol. The van der Waals surface area contributed by atoms with Crippen LogP contribution in [0.15, 0.2) is 6.07 Å². The second-order valence-corrected chi connectivity index (χ2v) is 5.29. The third-order valence-corrected chi connectivity index (χ3v) is 3.95. The molecule has 1 aromatic rings. The highest BCUT2D eigenvalue weighted by Gasteiger charge is 2.19. The molecule has 0 aliphatic carbocycles. The zero-order chi connectivity index (χ0) is 10.7. The van der Waals surface area contributed by atoms with Gasteiger partial charge in [0, 0.05) is 12.8 Å². The Labute approximate surface area is 98.6 Å². The summed E-state index contributed by atoms with van der Waals surface area (Å²) >= 11 is 7.09. The summed E-state index contributed by atoms with van der Waals surface area (Å²) in [6, 6.07) is 1.86. The van der Waals surface area contributed by atoms with E-state index in [1.807, 2.05) is 17.8 Å². The van der Waals surface area contributed by atoms with Crippen molar-refractivity contribution in [2.45, 2.75) is 24.7 Å². The molecule has 1 fully saturated rings. The van der Waals surface area contributed by atoms with Gasteiger partial charge >= 0.3 is 0 Å². The zero-order valence-electron chi connectivity index (χ0n) is 8.66. The number of nitrogens with one attached hydrogen (secondary N) is 1. The zero-order valence-corrected chi connectivity index (χ0v) is 10.3. The lowest BCUT2D eigenvalue weighted by Crippen LogP contribution is -2.02. The van der Waals surface area contributed by atoms with Crippen LogP contribution < -0.4 is 0 Å². The number of hydrogen-bond donors (Lipinski definition) is 1. The summed E-state index contributed by atoms with van der Waals surface area (Å²) in [6.07, 6.45) is 2.46. The second kappa shape index (κ2) is 5.09. The van der Waals surface area contributed by atoms with E-state index in [-0.39, 0.29) is 0 Å². The topological polar surface area (TPSA) is 37.9 Å². The number of aromatic amines is 1. The van der Waals surface area contributed by atoms with Gasteiger partial charge in [0.2, 0.25) is 0 Å². The van der Waals surface area contributed by atoms with Crippen molar-refractivity contribution in [3.63, 3.8) is 0 Å². The number of thioether (sulfide) groups is 1. The van der Waals surface area contributed by atoms with Gasteiger partial charge in [-0.05, 0) is 24.7 Å².